The molecular weight excluding hydrogens is 204 g/mol. The smallest absolute Gasteiger partial charge is 0.117 e. The molecule has 0 radical (unpaired) electrons. The molecule has 2 aromatic rings. The van der Waals surface area contributed by atoms with Gasteiger partial charge in [0.05, 0.1) is 5.52 Å². The van der Waals surface area contributed by atoms with E-state index in [4.69, 9.17) is 0 Å². The molecule has 1 aromatic heterocycles. The first-order valence-corrected chi connectivity index (χ1v) is 5.67. The standard InChI is InChI=1S/C12H12N2S/c1-2-3-6-9-13-12-10-7-4-5-8-11(10)14-15-12/h4-5,7-8,13H,6,9H2,1H3. The molecule has 15 heavy (non-hydrogen) atoms. The molecule has 1 N–H and O–H groups in total. The minimum Gasteiger partial charge on any atom is -0.374 e. The topological polar surface area (TPSA) is 24.9 Å². The lowest BCUT2D eigenvalue weighted by molar-refractivity contribution is 1.11. The summed E-state index contributed by atoms with van der Waals surface area (Å²) >= 11 is 1.51. The highest BCUT2D eigenvalue weighted by Gasteiger charge is 2.02. The molecule has 2 nitrogen and oxygen atoms in total. The number of aromatic nitrogens is 1. The Labute approximate surface area is 93.5 Å². The maximum Gasteiger partial charge on any atom is 0.117 e. The molecule has 0 aliphatic rings. The number of fused-ring (bicyclic) bond motifs is 1. The maximum atomic E-state index is 4.36. The summed E-state index contributed by atoms with van der Waals surface area (Å²) in [4.78, 5) is 0. The van der Waals surface area contributed by atoms with E-state index >= 15 is 0 Å². The fourth-order valence-corrected chi connectivity index (χ4v) is 2.17. The molecular formula is C12H12N2S. The van der Waals surface area contributed by atoms with Gasteiger partial charge in [-0.25, -0.2) is 0 Å². The first-order valence-electron chi connectivity index (χ1n) is 4.89. The van der Waals surface area contributed by atoms with Crippen LogP contribution in [0, 0.1) is 11.8 Å². The van der Waals surface area contributed by atoms with Crippen LogP contribution < -0.4 is 5.32 Å². The summed E-state index contributed by atoms with van der Waals surface area (Å²) in [5.74, 6) is 5.91. The molecule has 0 spiro atoms. The lowest BCUT2D eigenvalue weighted by atomic mass is 10.2. The fraction of sp³-hybridized carbons (Fsp3) is 0.250. The molecule has 0 unspecified atom stereocenters. The van der Waals surface area contributed by atoms with Crippen LogP contribution in [0.4, 0.5) is 5.00 Å². The molecule has 0 amide bonds. The Kier molecular flexibility index (Phi) is 3.21. The van der Waals surface area contributed by atoms with E-state index < -0.39 is 0 Å². The molecule has 3 heteroatoms. The predicted molar refractivity (Wildman–Crippen MR) is 66.2 cm³/mol. The van der Waals surface area contributed by atoms with E-state index in [-0.39, 0.29) is 0 Å². The van der Waals surface area contributed by atoms with Gasteiger partial charge in [0, 0.05) is 18.4 Å². The van der Waals surface area contributed by atoms with Crippen molar-refractivity contribution >= 4 is 27.4 Å². The van der Waals surface area contributed by atoms with Gasteiger partial charge < -0.3 is 5.32 Å². The number of rotatable bonds is 3. The summed E-state index contributed by atoms with van der Waals surface area (Å²) < 4.78 is 4.36. The van der Waals surface area contributed by atoms with Crippen LogP contribution in [0.3, 0.4) is 0 Å². The zero-order valence-corrected chi connectivity index (χ0v) is 9.40. The van der Waals surface area contributed by atoms with Gasteiger partial charge in [0.1, 0.15) is 5.00 Å². The van der Waals surface area contributed by atoms with Gasteiger partial charge in [-0.2, -0.15) is 4.37 Å². The van der Waals surface area contributed by atoms with Gasteiger partial charge in [0.15, 0.2) is 0 Å². The average Bonchev–Trinajstić information content (AvgIpc) is 2.68. The van der Waals surface area contributed by atoms with Crippen molar-refractivity contribution < 1.29 is 0 Å². The Morgan fingerprint density at radius 3 is 3.13 bits per heavy atom. The van der Waals surface area contributed by atoms with Crippen LogP contribution in [0.25, 0.3) is 10.9 Å². The molecule has 0 aliphatic heterocycles. The van der Waals surface area contributed by atoms with Gasteiger partial charge in [-0.3, -0.25) is 0 Å². The number of hydrogen-bond donors (Lipinski definition) is 1. The lowest BCUT2D eigenvalue weighted by Gasteiger charge is -1.99. The second kappa shape index (κ2) is 4.81. The van der Waals surface area contributed by atoms with Crippen LogP contribution in [-0.2, 0) is 0 Å². The van der Waals surface area contributed by atoms with Crippen molar-refractivity contribution in [3.8, 4) is 11.8 Å². The van der Waals surface area contributed by atoms with Crippen molar-refractivity contribution in [2.45, 2.75) is 13.3 Å². The highest BCUT2D eigenvalue weighted by Crippen LogP contribution is 2.26. The van der Waals surface area contributed by atoms with Gasteiger partial charge in [-0.05, 0) is 30.6 Å². The van der Waals surface area contributed by atoms with Crippen LogP contribution in [-0.4, -0.2) is 10.9 Å². The third-order valence-electron chi connectivity index (χ3n) is 2.10. The predicted octanol–water partition coefficient (Wildman–Crippen LogP) is 3.12. The third-order valence-corrected chi connectivity index (χ3v) is 2.93. The summed E-state index contributed by atoms with van der Waals surface area (Å²) in [6.45, 7) is 2.75. The van der Waals surface area contributed by atoms with Gasteiger partial charge >= 0.3 is 0 Å². The lowest BCUT2D eigenvalue weighted by Crippen LogP contribution is -1.98. The van der Waals surface area contributed by atoms with Gasteiger partial charge in [-0.15, -0.1) is 11.8 Å². The second-order valence-corrected chi connectivity index (χ2v) is 3.91. The monoisotopic (exact) mass is 216 g/mol. The zero-order valence-electron chi connectivity index (χ0n) is 8.58. The quantitative estimate of drug-likeness (QED) is 0.630. The number of nitrogens with one attached hydrogen (secondary N) is 1. The summed E-state index contributed by atoms with van der Waals surface area (Å²) in [6.07, 6.45) is 0.878. The summed E-state index contributed by atoms with van der Waals surface area (Å²) in [5, 5.41) is 5.70. The zero-order chi connectivity index (χ0) is 10.5. The van der Waals surface area contributed by atoms with Crippen molar-refractivity contribution in [2.75, 3.05) is 11.9 Å². The van der Waals surface area contributed by atoms with E-state index in [0.29, 0.717) is 0 Å². The molecule has 0 saturated heterocycles. The molecule has 2 rings (SSSR count). The highest BCUT2D eigenvalue weighted by molar-refractivity contribution is 7.11. The minimum atomic E-state index is 0.878. The first kappa shape index (κ1) is 10.0. The Morgan fingerprint density at radius 2 is 2.27 bits per heavy atom. The van der Waals surface area contributed by atoms with E-state index in [2.05, 4.69) is 27.6 Å². The molecule has 0 bridgehead atoms. The van der Waals surface area contributed by atoms with Gasteiger partial charge in [0.25, 0.3) is 0 Å². The molecule has 0 fully saturated rings. The molecule has 0 saturated carbocycles. The van der Waals surface area contributed by atoms with E-state index in [9.17, 15) is 0 Å². The Balaban J connectivity index is 2.10. The normalized spacial score (nSPS) is 9.67. The van der Waals surface area contributed by atoms with Gasteiger partial charge in [0.2, 0.25) is 0 Å². The molecule has 1 aromatic carbocycles. The highest BCUT2D eigenvalue weighted by atomic mass is 32.1. The van der Waals surface area contributed by atoms with Crippen molar-refractivity contribution in [3.05, 3.63) is 24.3 Å². The van der Waals surface area contributed by atoms with Gasteiger partial charge in [-0.1, -0.05) is 12.1 Å². The second-order valence-electron chi connectivity index (χ2n) is 3.13. The molecule has 0 aliphatic carbocycles. The Morgan fingerprint density at radius 1 is 1.40 bits per heavy atom. The van der Waals surface area contributed by atoms with Crippen LogP contribution in [0.15, 0.2) is 24.3 Å². The summed E-state index contributed by atoms with van der Waals surface area (Å²) in [5.41, 5.74) is 1.06. The maximum absolute atomic E-state index is 4.36. The van der Waals surface area contributed by atoms with Crippen LogP contribution in [0.1, 0.15) is 13.3 Å². The summed E-state index contributed by atoms with van der Waals surface area (Å²) in [7, 11) is 0. The van der Waals surface area contributed by atoms with Crippen LogP contribution >= 0.6 is 11.5 Å². The Bertz CT molecular complexity index is 505. The SMILES string of the molecule is CC#CCCNc1snc2ccccc12. The van der Waals surface area contributed by atoms with Crippen LogP contribution in [0.5, 0.6) is 0 Å². The minimum absolute atomic E-state index is 0.878. The first-order chi connectivity index (χ1) is 7.42. The van der Waals surface area contributed by atoms with E-state index in [1.807, 2.05) is 25.1 Å². The fourth-order valence-electron chi connectivity index (χ4n) is 1.38. The number of anilines is 1. The van der Waals surface area contributed by atoms with Crippen LogP contribution in [0.2, 0.25) is 0 Å². The van der Waals surface area contributed by atoms with Crippen molar-refractivity contribution in [1.82, 2.24) is 4.37 Å². The summed E-state index contributed by atoms with van der Waals surface area (Å²) in [6, 6.07) is 8.16. The molecule has 1 heterocycles. The van der Waals surface area contributed by atoms with E-state index in [0.717, 1.165) is 23.5 Å². The van der Waals surface area contributed by atoms with Crippen molar-refractivity contribution in [3.63, 3.8) is 0 Å². The molecule has 76 valence electrons. The number of benzene rings is 1. The number of hydrogen-bond acceptors (Lipinski definition) is 3. The van der Waals surface area contributed by atoms with Crippen molar-refractivity contribution in [2.24, 2.45) is 0 Å². The average molecular weight is 216 g/mol. The number of nitrogens with zero attached hydrogens (tertiary/aromatic N) is 1. The largest absolute Gasteiger partial charge is 0.374 e. The molecule has 0 atom stereocenters. The Hall–Kier alpha value is -1.53. The third kappa shape index (κ3) is 2.28. The van der Waals surface area contributed by atoms with E-state index in [1.54, 1.807) is 0 Å². The van der Waals surface area contributed by atoms with E-state index in [1.165, 1.54) is 16.9 Å². The van der Waals surface area contributed by atoms with Crippen molar-refractivity contribution in [1.29, 1.82) is 0 Å².